The molecule has 6 heteroatoms. The lowest BCUT2D eigenvalue weighted by Gasteiger charge is -2.16. The predicted molar refractivity (Wildman–Crippen MR) is 107 cm³/mol. The van der Waals surface area contributed by atoms with Gasteiger partial charge in [-0.3, -0.25) is 14.8 Å². The zero-order chi connectivity index (χ0) is 17.8. The Bertz CT molecular complexity index is 990. The van der Waals surface area contributed by atoms with E-state index in [1.165, 1.54) is 5.39 Å². The van der Waals surface area contributed by atoms with Crippen molar-refractivity contribution in [3.8, 4) is 5.69 Å². The first kappa shape index (κ1) is 16.8. The van der Waals surface area contributed by atoms with Crippen molar-refractivity contribution in [2.75, 3.05) is 11.3 Å². The molecular formula is C20H20N4OS. The van der Waals surface area contributed by atoms with Gasteiger partial charge in [-0.25, -0.2) is 0 Å². The molecule has 4 aromatic rings. The Morgan fingerprint density at radius 3 is 2.96 bits per heavy atom. The molecule has 0 fully saturated rings. The fraction of sp³-hybridized carbons (Fsp3) is 0.150. The van der Waals surface area contributed by atoms with E-state index in [1.807, 2.05) is 36.1 Å². The van der Waals surface area contributed by atoms with Gasteiger partial charge >= 0.3 is 0 Å². The summed E-state index contributed by atoms with van der Waals surface area (Å²) in [7, 11) is 0. The molecule has 0 aliphatic rings. The van der Waals surface area contributed by atoms with Crippen molar-refractivity contribution in [3.63, 3.8) is 0 Å². The van der Waals surface area contributed by atoms with Crippen LogP contribution in [0.5, 0.6) is 0 Å². The summed E-state index contributed by atoms with van der Waals surface area (Å²) < 4.78 is 10.9. The van der Waals surface area contributed by atoms with E-state index in [2.05, 4.69) is 57.4 Å². The summed E-state index contributed by atoms with van der Waals surface area (Å²) in [6, 6.07) is 16.6. The third-order valence-electron chi connectivity index (χ3n) is 4.07. The Morgan fingerprint density at radius 2 is 2.08 bits per heavy atom. The first-order valence-electron chi connectivity index (χ1n) is 8.53. The molecule has 0 aliphatic heterocycles. The number of hydrogen-bond acceptors (Lipinski definition) is 4. The quantitative estimate of drug-likeness (QED) is 0.453. The van der Waals surface area contributed by atoms with Crippen molar-refractivity contribution in [3.05, 3.63) is 72.8 Å². The van der Waals surface area contributed by atoms with Gasteiger partial charge in [-0.1, -0.05) is 18.2 Å². The zero-order valence-corrected chi connectivity index (χ0v) is 15.3. The van der Waals surface area contributed by atoms with Gasteiger partial charge in [0.05, 0.1) is 29.9 Å². The molecule has 4 rings (SSSR count). The number of aromatic amines is 1. The third-order valence-corrected chi connectivity index (χ3v) is 4.88. The molecular weight excluding hydrogens is 344 g/mol. The lowest BCUT2D eigenvalue weighted by Crippen LogP contribution is -2.12. The number of H-pyrrole nitrogens is 1. The molecule has 0 radical (unpaired) electrons. The average Bonchev–Trinajstić information content (AvgIpc) is 2.65. The van der Waals surface area contributed by atoms with Crippen LogP contribution >= 0.6 is 11.9 Å². The van der Waals surface area contributed by atoms with Gasteiger partial charge in [0, 0.05) is 34.7 Å². The second-order valence-corrected chi connectivity index (χ2v) is 6.76. The van der Waals surface area contributed by atoms with Gasteiger partial charge in [0.2, 0.25) is 0 Å². The van der Waals surface area contributed by atoms with Gasteiger partial charge < -0.3 is 9.46 Å². The van der Waals surface area contributed by atoms with Gasteiger partial charge in [0.15, 0.2) is 0 Å². The summed E-state index contributed by atoms with van der Waals surface area (Å²) >= 11 is 1.60. The second-order valence-electron chi connectivity index (χ2n) is 5.88. The summed E-state index contributed by atoms with van der Waals surface area (Å²) in [5.74, 6) is 0. The molecule has 0 unspecified atom stereocenters. The second kappa shape index (κ2) is 7.68. The molecule has 2 heterocycles. The molecule has 5 nitrogen and oxygen atoms in total. The molecule has 0 bridgehead atoms. The zero-order valence-electron chi connectivity index (χ0n) is 14.5. The number of ether oxygens (including phenoxy) is 1. The molecule has 0 amide bonds. The highest BCUT2D eigenvalue weighted by atomic mass is 32.2. The highest BCUT2D eigenvalue weighted by Gasteiger charge is 2.06. The van der Waals surface area contributed by atoms with E-state index < -0.39 is 0 Å². The van der Waals surface area contributed by atoms with Crippen LogP contribution in [0.3, 0.4) is 0 Å². The van der Waals surface area contributed by atoms with Crippen LogP contribution < -0.4 is 4.72 Å². The minimum absolute atomic E-state index is 0.624. The van der Waals surface area contributed by atoms with Crippen LogP contribution in [0, 0.1) is 0 Å². The maximum atomic E-state index is 5.39. The lowest BCUT2D eigenvalue weighted by molar-refractivity contribution is 0.127. The van der Waals surface area contributed by atoms with Gasteiger partial charge in [-0.2, -0.15) is 0 Å². The summed E-state index contributed by atoms with van der Waals surface area (Å²) in [4.78, 5) is 5.32. The van der Waals surface area contributed by atoms with Gasteiger partial charge in [0.1, 0.15) is 0 Å². The number of pyridine rings is 1. The third kappa shape index (κ3) is 3.61. The van der Waals surface area contributed by atoms with Crippen molar-refractivity contribution in [2.24, 2.45) is 0 Å². The minimum Gasteiger partial charge on any atom is -0.375 e. The molecule has 0 atom stereocenters. The Kier molecular flexibility index (Phi) is 4.95. The highest BCUT2D eigenvalue weighted by molar-refractivity contribution is 8.00. The van der Waals surface area contributed by atoms with Crippen LogP contribution in [0.4, 0.5) is 5.69 Å². The number of nitrogens with zero attached hydrogens (tertiary/aromatic N) is 2. The fourth-order valence-corrected chi connectivity index (χ4v) is 3.48. The topological polar surface area (TPSA) is 54.9 Å². The van der Waals surface area contributed by atoms with Crippen LogP contribution in [0.1, 0.15) is 12.6 Å². The van der Waals surface area contributed by atoms with Crippen molar-refractivity contribution < 1.29 is 4.74 Å². The summed E-state index contributed by atoms with van der Waals surface area (Å²) in [6.07, 6.45) is 5.76. The molecule has 26 heavy (non-hydrogen) atoms. The summed E-state index contributed by atoms with van der Waals surface area (Å²) in [5, 5.41) is 5.58. The largest absolute Gasteiger partial charge is 0.375 e. The molecule has 0 aliphatic carbocycles. The number of anilines is 1. The molecule has 2 N–H and O–H groups in total. The number of hydrogen-bond donors (Lipinski definition) is 2. The van der Waals surface area contributed by atoms with Crippen molar-refractivity contribution >= 4 is 28.4 Å². The molecule has 0 saturated carbocycles. The van der Waals surface area contributed by atoms with E-state index in [1.54, 1.807) is 11.9 Å². The maximum absolute atomic E-state index is 5.39. The standard InChI is InChI=1S/C20H20N4OS/c1-2-25-14-16-13-24(22-16)17-6-4-7-18(11-17)26-23-20-8-3-5-15-12-21-10-9-19(15)20/h3-13,22-23H,2,14H2,1H3. The van der Waals surface area contributed by atoms with E-state index in [-0.39, 0.29) is 0 Å². The number of nitrogens with one attached hydrogen (secondary N) is 2. The SMILES string of the molecule is CCOCc1cn(-c2cccc(SNc3cccc4cnccc34)c2)[nH]1. The van der Waals surface area contributed by atoms with Crippen LogP contribution in [-0.2, 0) is 11.3 Å². The summed E-state index contributed by atoms with van der Waals surface area (Å²) in [6.45, 7) is 3.34. The normalized spacial score (nSPS) is 11.1. The summed E-state index contributed by atoms with van der Waals surface area (Å²) in [5.41, 5.74) is 3.27. The van der Waals surface area contributed by atoms with Gasteiger partial charge in [0.25, 0.3) is 0 Å². The lowest BCUT2D eigenvalue weighted by atomic mass is 10.1. The Morgan fingerprint density at radius 1 is 1.19 bits per heavy atom. The molecule has 0 saturated heterocycles. The van der Waals surface area contributed by atoms with E-state index in [0.29, 0.717) is 6.61 Å². The highest BCUT2D eigenvalue weighted by Crippen LogP contribution is 2.28. The number of aromatic nitrogens is 3. The molecule has 132 valence electrons. The Labute approximate surface area is 156 Å². The van der Waals surface area contributed by atoms with Gasteiger partial charge in [-0.15, -0.1) is 0 Å². The number of fused-ring (bicyclic) bond motifs is 1. The maximum Gasteiger partial charge on any atom is 0.0896 e. The molecule has 2 aromatic heterocycles. The first-order chi connectivity index (χ1) is 12.8. The van der Waals surface area contributed by atoms with Crippen LogP contribution in [0.25, 0.3) is 16.5 Å². The van der Waals surface area contributed by atoms with E-state index in [9.17, 15) is 0 Å². The van der Waals surface area contributed by atoms with E-state index in [0.717, 1.165) is 34.0 Å². The van der Waals surface area contributed by atoms with Crippen LogP contribution in [0.15, 0.2) is 72.0 Å². The average molecular weight is 364 g/mol. The first-order valence-corrected chi connectivity index (χ1v) is 9.35. The van der Waals surface area contributed by atoms with E-state index in [4.69, 9.17) is 4.74 Å². The van der Waals surface area contributed by atoms with Crippen molar-refractivity contribution in [1.29, 1.82) is 0 Å². The monoisotopic (exact) mass is 364 g/mol. The smallest absolute Gasteiger partial charge is 0.0896 e. The van der Waals surface area contributed by atoms with Crippen molar-refractivity contribution in [2.45, 2.75) is 18.4 Å². The Hall–Kier alpha value is -2.70. The van der Waals surface area contributed by atoms with Crippen LogP contribution in [-0.4, -0.2) is 21.4 Å². The minimum atomic E-state index is 0.624. The molecule has 2 aromatic carbocycles. The van der Waals surface area contributed by atoms with Crippen molar-refractivity contribution in [1.82, 2.24) is 14.8 Å². The molecule has 0 spiro atoms. The Balaban J connectivity index is 1.47. The fourth-order valence-electron chi connectivity index (χ4n) is 2.75. The van der Waals surface area contributed by atoms with Crippen LogP contribution in [0.2, 0.25) is 0 Å². The predicted octanol–water partition coefficient (Wildman–Crippen LogP) is 5.01. The number of benzene rings is 2. The van der Waals surface area contributed by atoms with Gasteiger partial charge in [-0.05, 0) is 49.2 Å². The number of rotatable bonds is 7. The van der Waals surface area contributed by atoms with E-state index >= 15 is 0 Å².